The Morgan fingerprint density at radius 2 is 1.89 bits per heavy atom. The molecular weight excluding hydrogens is 232 g/mol. The lowest BCUT2D eigenvalue weighted by Crippen LogP contribution is -2.45. The Balaban J connectivity index is 2.36. The highest BCUT2D eigenvalue weighted by atomic mass is 16.5. The minimum Gasteiger partial charge on any atom is -0.484 e. The zero-order chi connectivity index (χ0) is 13.5. The Hall–Kier alpha value is -2.04. The topological polar surface area (TPSA) is 58.6 Å². The smallest absolute Gasteiger partial charge is 0.258 e. The van der Waals surface area contributed by atoms with E-state index in [2.05, 4.69) is 5.32 Å². The van der Waals surface area contributed by atoms with Gasteiger partial charge in [0.05, 0.1) is 0 Å². The Morgan fingerprint density at radius 3 is 2.44 bits per heavy atom. The highest BCUT2D eigenvalue weighted by molar-refractivity contribution is 5.87. The number of carbonyl (C=O) groups excluding carboxylic acids is 2. The van der Waals surface area contributed by atoms with Gasteiger partial charge in [-0.1, -0.05) is 18.2 Å². The van der Waals surface area contributed by atoms with Crippen molar-refractivity contribution in [2.45, 2.75) is 13.0 Å². The van der Waals surface area contributed by atoms with Crippen LogP contribution in [0.25, 0.3) is 0 Å². The predicted octanol–water partition coefficient (Wildman–Crippen LogP) is 0.658. The first kappa shape index (κ1) is 14.0. The third-order valence-corrected chi connectivity index (χ3v) is 2.30. The van der Waals surface area contributed by atoms with Gasteiger partial charge in [-0.2, -0.15) is 0 Å². The molecule has 1 N–H and O–H groups in total. The first-order valence-corrected chi connectivity index (χ1v) is 5.69. The van der Waals surface area contributed by atoms with Gasteiger partial charge in [-0.3, -0.25) is 9.59 Å². The number of carbonyl (C=O) groups is 2. The van der Waals surface area contributed by atoms with Gasteiger partial charge in [0.1, 0.15) is 11.8 Å². The summed E-state index contributed by atoms with van der Waals surface area (Å²) in [5, 5.41) is 2.58. The van der Waals surface area contributed by atoms with Crippen LogP contribution in [-0.2, 0) is 9.59 Å². The van der Waals surface area contributed by atoms with E-state index < -0.39 is 6.04 Å². The van der Waals surface area contributed by atoms with Crippen molar-refractivity contribution in [2.75, 3.05) is 20.7 Å². The van der Waals surface area contributed by atoms with Gasteiger partial charge in [-0.25, -0.2) is 0 Å². The van der Waals surface area contributed by atoms with Gasteiger partial charge in [0, 0.05) is 14.1 Å². The summed E-state index contributed by atoms with van der Waals surface area (Å²) in [5.41, 5.74) is 0. The van der Waals surface area contributed by atoms with Crippen LogP contribution in [0.2, 0.25) is 0 Å². The number of rotatable bonds is 5. The maximum atomic E-state index is 11.5. The van der Waals surface area contributed by atoms with Gasteiger partial charge in [-0.05, 0) is 19.1 Å². The highest BCUT2D eigenvalue weighted by Crippen LogP contribution is 2.07. The fraction of sp³-hybridized carbons (Fsp3) is 0.385. The van der Waals surface area contributed by atoms with E-state index in [1.807, 2.05) is 18.2 Å². The van der Waals surface area contributed by atoms with Crippen molar-refractivity contribution >= 4 is 11.8 Å². The van der Waals surface area contributed by atoms with E-state index in [1.165, 1.54) is 4.90 Å². The van der Waals surface area contributed by atoms with Crippen molar-refractivity contribution in [3.8, 4) is 5.75 Å². The number of likely N-dealkylation sites (N-methyl/N-ethyl adjacent to an activating group) is 1. The molecule has 0 saturated carbocycles. The summed E-state index contributed by atoms with van der Waals surface area (Å²) in [6.07, 6.45) is 0. The fourth-order valence-corrected chi connectivity index (χ4v) is 1.40. The third-order valence-electron chi connectivity index (χ3n) is 2.30. The zero-order valence-corrected chi connectivity index (χ0v) is 10.8. The van der Waals surface area contributed by atoms with E-state index in [1.54, 1.807) is 33.2 Å². The molecule has 5 heteroatoms. The average molecular weight is 250 g/mol. The van der Waals surface area contributed by atoms with Crippen LogP contribution in [0, 0.1) is 0 Å². The predicted molar refractivity (Wildman–Crippen MR) is 68.2 cm³/mol. The second kappa shape index (κ2) is 6.64. The molecule has 0 aromatic heterocycles. The van der Waals surface area contributed by atoms with Crippen molar-refractivity contribution in [3.05, 3.63) is 30.3 Å². The van der Waals surface area contributed by atoms with Crippen LogP contribution in [0.3, 0.4) is 0 Å². The molecule has 2 amide bonds. The van der Waals surface area contributed by atoms with Crippen LogP contribution < -0.4 is 10.1 Å². The standard InChI is InChI=1S/C13H18N2O3/c1-10(13(17)15(2)3)14-12(16)9-18-11-7-5-4-6-8-11/h4-8,10H,9H2,1-3H3,(H,14,16)/t10-/m0/s1. The van der Waals surface area contributed by atoms with E-state index in [-0.39, 0.29) is 18.4 Å². The largest absolute Gasteiger partial charge is 0.484 e. The minimum absolute atomic E-state index is 0.102. The van der Waals surface area contributed by atoms with Gasteiger partial charge in [0.2, 0.25) is 5.91 Å². The summed E-state index contributed by atoms with van der Waals surface area (Å²) in [6.45, 7) is 1.54. The van der Waals surface area contributed by atoms with Crippen LogP contribution >= 0.6 is 0 Å². The molecule has 0 aliphatic carbocycles. The normalized spacial score (nSPS) is 11.5. The zero-order valence-electron chi connectivity index (χ0n) is 10.8. The number of amides is 2. The van der Waals surface area contributed by atoms with E-state index in [0.717, 1.165) is 0 Å². The average Bonchev–Trinajstić information content (AvgIpc) is 2.36. The first-order chi connectivity index (χ1) is 8.50. The van der Waals surface area contributed by atoms with E-state index in [0.29, 0.717) is 5.75 Å². The van der Waals surface area contributed by atoms with Crippen molar-refractivity contribution < 1.29 is 14.3 Å². The molecule has 1 aromatic carbocycles. The Bertz CT molecular complexity index is 404. The van der Waals surface area contributed by atoms with E-state index >= 15 is 0 Å². The second-order valence-corrected chi connectivity index (χ2v) is 4.12. The third kappa shape index (κ3) is 4.45. The molecule has 0 aliphatic heterocycles. The molecular formula is C13H18N2O3. The summed E-state index contributed by atoms with van der Waals surface area (Å²) >= 11 is 0. The summed E-state index contributed by atoms with van der Waals surface area (Å²) in [4.78, 5) is 24.5. The number of hydrogen-bond donors (Lipinski definition) is 1. The van der Waals surface area contributed by atoms with E-state index in [4.69, 9.17) is 4.74 Å². The Morgan fingerprint density at radius 1 is 1.28 bits per heavy atom. The molecule has 0 aliphatic rings. The van der Waals surface area contributed by atoms with Gasteiger partial charge >= 0.3 is 0 Å². The van der Waals surface area contributed by atoms with Gasteiger partial charge in [0.15, 0.2) is 6.61 Å². The molecule has 0 fully saturated rings. The molecule has 98 valence electrons. The number of benzene rings is 1. The van der Waals surface area contributed by atoms with Crippen molar-refractivity contribution in [1.29, 1.82) is 0 Å². The van der Waals surface area contributed by atoms with Crippen LogP contribution in [0.15, 0.2) is 30.3 Å². The van der Waals surface area contributed by atoms with Crippen LogP contribution in [-0.4, -0.2) is 43.5 Å². The molecule has 5 nitrogen and oxygen atoms in total. The molecule has 1 aromatic rings. The maximum Gasteiger partial charge on any atom is 0.258 e. The monoisotopic (exact) mass is 250 g/mol. The van der Waals surface area contributed by atoms with Gasteiger partial charge < -0.3 is 15.0 Å². The molecule has 0 saturated heterocycles. The molecule has 0 spiro atoms. The molecule has 1 atom stereocenters. The van der Waals surface area contributed by atoms with Crippen molar-refractivity contribution in [3.63, 3.8) is 0 Å². The van der Waals surface area contributed by atoms with Crippen LogP contribution in [0.4, 0.5) is 0 Å². The highest BCUT2D eigenvalue weighted by Gasteiger charge is 2.17. The lowest BCUT2D eigenvalue weighted by Gasteiger charge is -2.18. The molecule has 0 radical (unpaired) electrons. The fourth-order valence-electron chi connectivity index (χ4n) is 1.40. The Labute approximate surface area is 107 Å². The number of nitrogens with one attached hydrogen (secondary N) is 1. The summed E-state index contributed by atoms with van der Waals surface area (Å²) in [6, 6.07) is 8.50. The number of hydrogen-bond acceptors (Lipinski definition) is 3. The van der Waals surface area contributed by atoms with Crippen LogP contribution in [0.5, 0.6) is 5.75 Å². The van der Waals surface area contributed by atoms with E-state index in [9.17, 15) is 9.59 Å². The SMILES string of the molecule is C[C@H](NC(=O)COc1ccccc1)C(=O)N(C)C. The molecule has 1 rings (SSSR count). The lowest BCUT2D eigenvalue weighted by atomic mass is 10.3. The minimum atomic E-state index is -0.549. The van der Waals surface area contributed by atoms with Gasteiger partial charge in [0.25, 0.3) is 5.91 Å². The number of para-hydroxylation sites is 1. The summed E-state index contributed by atoms with van der Waals surface area (Å²) in [5.74, 6) is 0.156. The number of nitrogens with zero attached hydrogens (tertiary/aromatic N) is 1. The molecule has 0 unspecified atom stereocenters. The molecule has 18 heavy (non-hydrogen) atoms. The van der Waals surface area contributed by atoms with Crippen molar-refractivity contribution in [1.82, 2.24) is 10.2 Å². The molecule has 0 bridgehead atoms. The maximum absolute atomic E-state index is 11.5. The molecule has 0 heterocycles. The quantitative estimate of drug-likeness (QED) is 0.835. The summed E-state index contributed by atoms with van der Waals surface area (Å²) in [7, 11) is 3.29. The van der Waals surface area contributed by atoms with Gasteiger partial charge in [-0.15, -0.1) is 0 Å². The lowest BCUT2D eigenvalue weighted by molar-refractivity contribution is -0.134. The first-order valence-electron chi connectivity index (χ1n) is 5.69. The van der Waals surface area contributed by atoms with Crippen molar-refractivity contribution in [2.24, 2.45) is 0 Å². The summed E-state index contributed by atoms with van der Waals surface area (Å²) < 4.78 is 5.27. The Kier molecular flexibility index (Phi) is 5.17. The second-order valence-electron chi connectivity index (χ2n) is 4.12. The van der Waals surface area contributed by atoms with Crippen LogP contribution in [0.1, 0.15) is 6.92 Å². The number of ether oxygens (including phenoxy) is 1.